The number of rotatable bonds is 10. The summed E-state index contributed by atoms with van der Waals surface area (Å²) >= 11 is 1.42. The van der Waals surface area contributed by atoms with Gasteiger partial charge in [-0.1, -0.05) is 36.4 Å². The molecule has 0 fully saturated rings. The lowest BCUT2D eigenvalue weighted by Crippen LogP contribution is -2.30. The number of benzene rings is 2. The summed E-state index contributed by atoms with van der Waals surface area (Å²) < 4.78 is 0. The van der Waals surface area contributed by atoms with Gasteiger partial charge in [0, 0.05) is 36.4 Å². The maximum absolute atomic E-state index is 12.8. The SMILES string of the molecule is O=C(NCCCCNc1ccccn1)c1ccccc1SCC(=O)N1CCc2ccccc21. The molecule has 7 heteroatoms. The van der Waals surface area contributed by atoms with Gasteiger partial charge >= 0.3 is 0 Å². The molecule has 0 aliphatic carbocycles. The second kappa shape index (κ2) is 11.5. The number of nitrogens with zero attached hydrogens (tertiary/aromatic N) is 2. The van der Waals surface area contributed by atoms with Gasteiger partial charge in [0.1, 0.15) is 5.82 Å². The van der Waals surface area contributed by atoms with E-state index in [-0.39, 0.29) is 11.8 Å². The zero-order valence-corrected chi connectivity index (χ0v) is 19.3. The summed E-state index contributed by atoms with van der Waals surface area (Å²) in [6.45, 7) is 2.13. The highest BCUT2D eigenvalue weighted by atomic mass is 32.2. The Bertz CT molecular complexity index is 1090. The lowest BCUT2D eigenvalue weighted by Gasteiger charge is -2.17. The number of anilines is 2. The summed E-state index contributed by atoms with van der Waals surface area (Å²) in [6.07, 6.45) is 4.45. The van der Waals surface area contributed by atoms with Crippen LogP contribution < -0.4 is 15.5 Å². The van der Waals surface area contributed by atoms with Crippen molar-refractivity contribution < 1.29 is 9.59 Å². The summed E-state index contributed by atoms with van der Waals surface area (Å²) in [5, 5.41) is 6.27. The highest BCUT2D eigenvalue weighted by molar-refractivity contribution is 8.00. The van der Waals surface area contributed by atoms with Crippen molar-refractivity contribution in [1.82, 2.24) is 10.3 Å². The van der Waals surface area contributed by atoms with Gasteiger partial charge in [-0.3, -0.25) is 9.59 Å². The van der Waals surface area contributed by atoms with E-state index < -0.39 is 0 Å². The number of nitrogens with one attached hydrogen (secondary N) is 2. The van der Waals surface area contributed by atoms with Crippen LogP contribution in [0.25, 0.3) is 0 Å². The highest BCUT2D eigenvalue weighted by Crippen LogP contribution is 2.29. The quantitative estimate of drug-likeness (QED) is 0.347. The molecule has 0 spiro atoms. The average molecular weight is 461 g/mol. The Labute approximate surface area is 198 Å². The van der Waals surface area contributed by atoms with Gasteiger partial charge in [0.25, 0.3) is 5.91 Å². The van der Waals surface area contributed by atoms with Gasteiger partial charge < -0.3 is 15.5 Å². The number of hydrogen-bond acceptors (Lipinski definition) is 5. The predicted molar refractivity (Wildman–Crippen MR) is 134 cm³/mol. The van der Waals surface area contributed by atoms with Gasteiger partial charge in [-0.05, 0) is 55.2 Å². The molecule has 6 nitrogen and oxygen atoms in total. The van der Waals surface area contributed by atoms with Crippen molar-refractivity contribution in [2.75, 3.05) is 35.6 Å². The standard InChI is InChI=1S/C26H28N4O2S/c31-25(30-18-14-20-9-1-3-11-22(20)30)19-33-23-12-4-2-10-21(23)26(32)29-17-8-7-16-28-24-13-5-6-15-27-24/h1-6,9-13,15H,7-8,14,16-19H2,(H,27,28)(H,29,32). The van der Waals surface area contributed by atoms with E-state index in [1.54, 1.807) is 6.20 Å². The Morgan fingerprint density at radius 1 is 0.939 bits per heavy atom. The van der Waals surface area contributed by atoms with Crippen molar-refractivity contribution >= 4 is 35.1 Å². The monoisotopic (exact) mass is 460 g/mol. The van der Waals surface area contributed by atoms with Gasteiger partial charge in [-0.15, -0.1) is 11.8 Å². The summed E-state index contributed by atoms with van der Waals surface area (Å²) in [5.41, 5.74) is 2.83. The van der Waals surface area contributed by atoms with Crippen molar-refractivity contribution in [3.8, 4) is 0 Å². The van der Waals surface area contributed by atoms with Crippen LogP contribution >= 0.6 is 11.8 Å². The van der Waals surface area contributed by atoms with Crippen LogP contribution in [-0.4, -0.2) is 42.2 Å². The third kappa shape index (κ3) is 6.14. The van der Waals surface area contributed by atoms with Crippen molar-refractivity contribution in [3.63, 3.8) is 0 Å². The molecule has 0 saturated heterocycles. The van der Waals surface area contributed by atoms with Crippen LogP contribution in [0.1, 0.15) is 28.8 Å². The van der Waals surface area contributed by atoms with Crippen LogP contribution in [0.3, 0.4) is 0 Å². The molecule has 0 unspecified atom stereocenters. The number of thioether (sulfide) groups is 1. The molecule has 4 rings (SSSR count). The molecular weight excluding hydrogens is 432 g/mol. The maximum atomic E-state index is 12.8. The van der Waals surface area contributed by atoms with Crippen LogP contribution in [0.5, 0.6) is 0 Å². The predicted octanol–water partition coefficient (Wildman–Crippen LogP) is 4.39. The number of carbonyl (C=O) groups is 2. The number of carbonyl (C=O) groups excluding carboxylic acids is 2. The molecule has 0 radical (unpaired) electrons. The van der Waals surface area contributed by atoms with Gasteiger partial charge in [-0.2, -0.15) is 0 Å². The third-order valence-electron chi connectivity index (χ3n) is 5.53. The van der Waals surface area contributed by atoms with Gasteiger partial charge in [0.15, 0.2) is 0 Å². The lowest BCUT2D eigenvalue weighted by molar-refractivity contribution is -0.116. The molecule has 170 valence electrons. The molecule has 0 atom stereocenters. The van der Waals surface area contributed by atoms with Crippen molar-refractivity contribution in [2.24, 2.45) is 0 Å². The van der Waals surface area contributed by atoms with E-state index in [0.29, 0.717) is 17.9 Å². The minimum atomic E-state index is -0.102. The molecule has 2 aromatic carbocycles. The van der Waals surface area contributed by atoms with E-state index in [4.69, 9.17) is 0 Å². The third-order valence-corrected chi connectivity index (χ3v) is 6.59. The number of amides is 2. The first-order chi connectivity index (χ1) is 16.2. The van der Waals surface area contributed by atoms with Crippen LogP contribution in [0.4, 0.5) is 11.5 Å². The Kier molecular flexibility index (Phi) is 7.98. The first kappa shape index (κ1) is 22.9. The minimum Gasteiger partial charge on any atom is -0.370 e. The average Bonchev–Trinajstić information content (AvgIpc) is 3.30. The Balaban J connectivity index is 1.23. The molecule has 1 aromatic heterocycles. The van der Waals surface area contributed by atoms with Crippen LogP contribution in [0, 0.1) is 0 Å². The number of para-hydroxylation sites is 1. The molecule has 2 amide bonds. The number of aromatic nitrogens is 1. The molecule has 33 heavy (non-hydrogen) atoms. The van der Waals surface area contributed by atoms with E-state index in [9.17, 15) is 9.59 Å². The number of pyridine rings is 1. The van der Waals surface area contributed by atoms with E-state index in [1.165, 1.54) is 17.3 Å². The smallest absolute Gasteiger partial charge is 0.252 e. The van der Waals surface area contributed by atoms with E-state index in [2.05, 4.69) is 21.7 Å². The second-order valence-corrected chi connectivity index (χ2v) is 8.83. The van der Waals surface area contributed by atoms with Gasteiger partial charge in [0.2, 0.25) is 5.91 Å². The van der Waals surface area contributed by atoms with Crippen LogP contribution in [0.15, 0.2) is 77.8 Å². The zero-order chi connectivity index (χ0) is 22.9. The second-order valence-electron chi connectivity index (χ2n) is 7.81. The normalized spacial score (nSPS) is 12.3. The molecule has 1 aliphatic heterocycles. The number of hydrogen-bond donors (Lipinski definition) is 2. The maximum Gasteiger partial charge on any atom is 0.252 e. The molecule has 3 aromatic rings. The number of fused-ring (bicyclic) bond motifs is 1. The fraction of sp³-hybridized carbons (Fsp3) is 0.269. The van der Waals surface area contributed by atoms with Crippen LogP contribution in [0.2, 0.25) is 0 Å². The summed E-state index contributed by atoms with van der Waals surface area (Å²) in [7, 11) is 0. The molecule has 2 heterocycles. The minimum absolute atomic E-state index is 0.0700. The largest absolute Gasteiger partial charge is 0.370 e. The zero-order valence-electron chi connectivity index (χ0n) is 18.5. The summed E-state index contributed by atoms with van der Waals surface area (Å²) in [5.74, 6) is 1.13. The van der Waals surface area contributed by atoms with Gasteiger partial charge in [0.05, 0.1) is 11.3 Å². The van der Waals surface area contributed by atoms with Crippen LogP contribution in [-0.2, 0) is 11.2 Å². The summed E-state index contributed by atoms with van der Waals surface area (Å²) in [6, 6.07) is 21.3. The fourth-order valence-electron chi connectivity index (χ4n) is 3.83. The van der Waals surface area contributed by atoms with E-state index in [0.717, 1.165) is 48.8 Å². The number of unbranched alkanes of at least 4 members (excludes halogenated alkanes) is 1. The molecule has 2 N–H and O–H groups in total. The Morgan fingerprint density at radius 3 is 2.61 bits per heavy atom. The summed E-state index contributed by atoms with van der Waals surface area (Å²) in [4.78, 5) is 32.5. The van der Waals surface area contributed by atoms with E-state index in [1.807, 2.05) is 65.6 Å². The molecule has 1 aliphatic rings. The van der Waals surface area contributed by atoms with Crippen molar-refractivity contribution in [1.29, 1.82) is 0 Å². The fourth-order valence-corrected chi connectivity index (χ4v) is 4.75. The van der Waals surface area contributed by atoms with Crippen molar-refractivity contribution in [2.45, 2.75) is 24.2 Å². The molecule has 0 bridgehead atoms. The first-order valence-electron chi connectivity index (χ1n) is 11.3. The van der Waals surface area contributed by atoms with E-state index >= 15 is 0 Å². The Morgan fingerprint density at radius 2 is 1.73 bits per heavy atom. The highest BCUT2D eigenvalue weighted by Gasteiger charge is 2.24. The molecular formula is C26H28N4O2S. The van der Waals surface area contributed by atoms with Crippen molar-refractivity contribution in [3.05, 3.63) is 84.1 Å². The molecule has 0 saturated carbocycles. The lowest BCUT2D eigenvalue weighted by atomic mass is 10.2. The van der Waals surface area contributed by atoms with Gasteiger partial charge in [-0.25, -0.2) is 4.98 Å². The first-order valence-corrected chi connectivity index (χ1v) is 12.2. The Hall–Kier alpha value is -3.32. The topological polar surface area (TPSA) is 74.3 Å².